The molecule has 2 amide bonds. The lowest BCUT2D eigenvalue weighted by Crippen LogP contribution is -2.30. The van der Waals surface area contributed by atoms with Crippen molar-refractivity contribution in [1.29, 1.82) is 0 Å². The number of amides is 2. The Morgan fingerprint density at radius 2 is 2.00 bits per heavy atom. The molecule has 222 valence electrons. The first-order valence-electron chi connectivity index (χ1n) is 13.3. The third kappa shape index (κ3) is 5.38. The summed E-state index contributed by atoms with van der Waals surface area (Å²) < 4.78 is 46.8. The normalized spacial score (nSPS) is 18.1. The fourth-order valence-electron chi connectivity index (χ4n) is 5.13. The van der Waals surface area contributed by atoms with Gasteiger partial charge in [-0.05, 0) is 56.9 Å². The van der Waals surface area contributed by atoms with Crippen LogP contribution in [0.1, 0.15) is 46.8 Å². The minimum Gasteiger partial charge on any atom is -0.434 e. The number of rotatable bonds is 8. The van der Waals surface area contributed by atoms with E-state index in [9.17, 15) is 22.8 Å². The lowest BCUT2D eigenvalue weighted by atomic mass is 10.1. The first-order chi connectivity index (χ1) is 20.5. The summed E-state index contributed by atoms with van der Waals surface area (Å²) in [5, 5.41) is 15.3. The van der Waals surface area contributed by atoms with Gasteiger partial charge in [0.1, 0.15) is 11.4 Å². The van der Waals surface area contributed by atoms with Gasteiger partial charge in [-0.2, -0.15) is 19.0 Å². The van der Waals surface area contributed by atoms with Crippen LogP contribution in [0.4, 0.5) is 24.7 Å². The maximum Gasteiger partial charge on any atom is 0.387 e. The summed E-state index contributed by atoms with van der Waals surface area (Å²) in [6, 6.07) is 3.65. The zero-order chi connectivity index (χ0) is 30.6. The van der Waals surface area contributed by atoms with Gasteiger partial charge < -0.3 is 10.1 Å². The topological polar surface area (TPSA) is 128 Å². The van der Waals surface area contributed by atoms with Crippen molar-refractivity contribution in [3.05, 3.63) is 70.3 Å². The van der Waals surface area contributed by atoms with Crippen molar-refractivity contribution in [3.8, 4) is 17.0 Å². The smallest absolute Gasteiger partial charge is 0.387 e. The number of aryl methyl sites for hydroxylation is 2. The van der Waals surface area contributed by atoms with Crippen molar-refractivity contribution >= 4 is 34.9 Å². The van der Waals surface area contributed by atoms with Crippen LogP contribution < -0.4 is 15.0 Å². The number of piperidine rings is 1. The Hall–Kier alpha value is -4.59. The molecule has 3 aromatic heterocycles. The number of ether oxygens (including phenoxy) is 1. The molecule has 1 aliphatic carbocycles. The van der Waals surface area contributed by atoms with Crippen LogP contribution in [0.25, 0.3) is 11.3 Å². The van der Waals surface area contributed by atoms with Gasteiger partial charge in [0.15, 0.2) is 11.6 Å². The highest BCUT2D eigenvalue weighted by Crippen LogP contribution is 2.47. The highest BCUT2D eigenvalue weighted by atomic mass is 35.5. The monoisotopic (exact) mass is 612 g/mol. The number of fused-ring (bicyclic) bond motifs is 1. The van der Waals surface area contributed by atoms with E-state index in [2.05, 4.69) is 35.3 Å². The van der Waals surface area contributed by atoms with Crippen molar-refractivity contribution in [2.75, 3.05) is 16.8 Å². The Morgan fingerprint density at radius 1 is 1.21 bits per heavy atom. The molecule has 1 saturated heterocycles. The van der Waals surface area contributed by atoms with Gasteiger partial charge in [0.25, 0.3) is 5.91 Å². The van der Waals surface area contributed by atoms with E-state index in [4.69, 9.17) is 11.6 Å². The van der Waals surface area contributed by atoms with Crippen LogP contribution >= 0.6 is 11.6 Å². The number of carbonyl (C=O) groups is 2. The Balaban J connectivity index is 1.20. The summed E-state index contributed by atoms with van der Waals surface area (Å²) in [5.41, 5.74) is 1.11. The minimum absolute atomic E-state index is 0.0979. The molecule has 11 nitrogen and oxygen atoms in total. The molecule has 2 aliphatic rings. The van der Waals surface area contributed by atoms with E-state index >= 15 is 0 Å². The van der Waals surface area contributed by atoms with Crippen molar-refractivity contribution < 1.29 is 27.5 Å². The third-order valence-electron chi connectivity index (χ3n) is 7.54. The molecule has 4 aromatic rings. The van der Waals surface area contributed by atoms with E-state index in [1.807, 2.05) is 19.9 Å². The number of halogens is 4. The fourth-order valence-corrected chi connectivity index (χ4v) is 5.29. The highest BCUT2D eigenvalue weighted by Gasteiger charge is 2.53. The number of aromatic nitrogens is 6. The maximum absolute atomic E-state index is 14.9. The van der Waals surface area contributed by atoms with E-state index in [1.54, 1.807) is 15.8 Å². The second-order valence-electron chi connectivity index (χ2n) is 10.5. The second kappa shape index (κ2) is 10.9. The first kappa shape index (κ1) is 28.5. The lowest BCUT2D eigenvalue weighted by molar-refractivity contribution is -0.118. The number of nitrogens with one attached hydrogen (secondary N) is 1. The summed E-state index contributed by atoms with van der Waals surface area (Å²) in [5.74, 6) is -1.05. The maximum atomic E-state index is 14.9. The average molecular weight is 613 g/mol. The summed E-state index contributed by atoms with van der Waals surface area (Å²) in [6.07, 6.45) is 5.10. The molecule has 1 saturated carbocycles. The summed E-state index contributed by atoms with van der Waals surface area (Å²) >= 11 is 5.86. The van der Waals surface area contributed by atoms with E-state index in [0.717, 1.165) is 30.3 Å². The van der Waals surface area contributed by atoms with Gasteiger partial charge in [0.05, 0.1) is 51.8 Å². The van der Waals surface area contributed by atoms with Crippen LogP contribution in [0, 0.1) is 31.5 Å². The number of benzene rings is 1. The third-order valence-corrected chi connectivity index (χ3v) is 7.83. The predicted octanol–water partition coefficient (Wildman–Crippen LogP) is 4.99. The van der Waals surface area contributed by atoms with Crippen LogP contribution in [-0.4, -0.2) is 54.9 Å². The molecule has 6 rings (SSSR count). The lowest BCUT2D eigenvalue weighted by Gasteiger charge is -2.20. The number of hydrogen-bond acceptors (Lipinski definition) is 8. The first-order valence-corrected chi connectivity index (χ1v) is 13.7. The van der Waals surface area contributed by atoms with Gasteiger partial charge in [-0.3, -0.25) is 24.2 Å². The molecular formula is C28H24ClF3N8O3. The van der Waals surface area contributed by atoms with Gasteiger partial charge in [-0.15, -0.1) is 5.10 Å². The summed E-state index contributed by atoms with van der Waals surface area (Å²) in [7, 11) is 0. The van der Waals surface area contributed by atoms with Crippen molar-refractivity contribution in [3.63, 3.8) is 0 Å². The highest BCUT2D eigenvalue weighted by molar-refractivity contribution is 6.31. The molecule has 0 radical (unpaired) electrons. The van der Waals surface area contributed by atoms with E-state index in [1.165, 1.54) is 13.1 Å². The molecule has 15 heteroatoms. The van der Waals surface area contributed by atoms with Crippen molar-refractivity contribution in [2.24, 2.45) is 11.8 Å². The van der Waals surface area contributed by atoms with E-state index in [0.29, 0.717) is 29.7 Å². The number of alkyl halides is 2. The zero-order valence-electron chi connectivity index (χ0n) is 23.1. The van der Waals surface area contributed by atoms with Gasteiger partial charge >= 0.3 is 6.61 Å². The molecule has 0 spiro atoms. The van der Waals surface area contributed by atoms with Gasteiger partial charge in [-0.25, -0.2) is 9.37 Å². The number of anilines is 2. The summed E-state index contributed by atoms with van der Waals surface area (Å²) in [4.78, 5) is 35.6. The molecule has 0 bridgehead atoms. The fraction of sp³-hybridized carbons (Fsp3) is 0.321. The molecule has 1 aliphatic heterocycles. The van der Waals surface area contributed by atoms with Crippen LogP contribution in [0.2, 0.25) is 5.02 Å². The Bertz CT molecular complexity index is 1770. The van der Waals surface area contributed by atoms with Crippen LogP contribution in [-0.2, 0) is 4.79 Å². The second-order valence-corrected chi connectivity index (χ2v) is 10.9. The largest absolute Gasteiger partial charge is 0.434 e. The number of nitrogens with zero attached hydrogens (tertiary/aromatic N) is 7. The van der Waals surface area contributed by atoms with Crippen LogP contribution in [0.15, 0.2) is 36.8 Å². The molecular weight excluding hydrogens is 589 g/mol. The Morgan fingerprint density at radius 3 is 2.70 bits per heavy atom. The minimum atomic E-state index is -3.23. The molecule has 0 unspecified atom stereocenters. The Kier molecular flexibility index (Phi) is 7.24. The van der Waals surface area contributed by atoms with Gasteiger partial charge in [0.2, 0.25) is 5.91 Å². The SMILES string of the molecule is Cc1cc([C@@H](C)n2cc(NC(=O)c3nc(-c4c(OC(F)F)ccc(Cl)c4F)cnc3C)cn2)nnc1N1C[C@H]2C[C@H]2C1=O. The standard InChI is InChI=1S/C28H24ClF3N8O3/c1-12-6-19(37-38-25(12)39-10-15-7-17(15)27(39)42)14(3)40-11-16(8-34-40)35-26(41)24-13(2)33-9-20(36-24)22-21(43-28(31)32)5-4-18(29)23(22)30/h4-6,8-9,11,14-15,17,28H,7,10H2,1-3H3,(H,35,41)/t14-,15-,17-/m1/s1. The molecule has 1 N–H and O–H groups in total. The summed E-state index contributed by atoms with van der Waals surface area (Å²) in [6.45, 7) is 2.69. The predicted molar refractivity (Wildman–Crippen MR) is 149 cm³/mol. The van der Waals surface area contributed by atoms with Crippen LogP contribution in [0.5, 0.6) is 5.75 Å². The Labute approximate surface area is 248 Å². The average Bonchev–Trinajstić information content (AvgIpc) is 3.47. The molecule has 43 heavy (non-hydrogen) atoms. The van der Waals surface area contributed by atoms with Gasteiger partial charge in [-0.1, -0.05) is 11.6 Å². The van der Waals surface area contributed by atoms with Gasteiger partial charge in [0, 0.05) is 18.7 Å². The van der Waals surface area contributed by atoms with Crippen molar-refractivity contribution in [1.82, 2.24) is 29.9 Å². The number of carbonyl (C=O) groups excluding carboxylic acids is 2. The number of hydrogen-bond donors (Lipinski definition) is 1. The van der Waals surface area contributed by atoms with E-state index < -0.39 is 29.6 Å². The molecule has 4 heterocycles. The van der Waals surface area contributed by atoms with E-state index in [-0.39, 0.29) is 40.0 Å². The zero-order valence-corrected chi connectivity index (χ0v) is 23.8. The molecule has 1 aromatic carbocycles. The van der Waals surface area contributed by atoms with Crippen molar-refractivity contribution in [2.45, 2.75) is 39.8 Å². The molecule has 3 atom stereocenters. The van der Waals surface area contributed by atoms with Crippen LogP contribution in [0.3, 0.4) is 0 Å². The quantitative estimate of drug-likeness (QED) is 0.295. The molecule has 2 fully saturated rings.